The summed E-state index contributed by atoms with van der Waals surface area (Å²) < 4.78 is 27.1. The highest BCUT2D eigenvalue weighted by Gasteiger charge is 2.21. The van der Waals surface area contributed by atoms with E-state index in [-0.39, 0.29) is 11.0 Å². The van der Waals surface area contributed by atoms with Crippen LogP contribution in [0.4, 0.5) is 8.78 Å². The van der Waals surface area contributed by atoms with E-state index in [1.807, 2.05) is 0 Å². The quantitative estimate of drug-likeness (QED) is 0.628. The largest absolute Gasteiger partial charge is 0.271 e. The van der Waals surface area contributed by atoms with Crippen molar-refractivity contribution in [2.24, 2.45) is 11.3 Å². The summed E-state index contributed by atoms with van der Waals surface area (Å²) in [5.41, 5.74) is 2.63. The molecule has 1 atom stereocenters. The van der Waals surface area contributed by atoms with Crippen LogP contribution in [0.25, 0.3) is 0 Å². The minimum absolute atomic E-state index is 0.0271. The zero-order chi connectivity index (χ0) is 13.1. The molecule has 0 fully saturated rings. The predicted molar refractivity (Wildman–Crippen MR) is 65.1 cm³/mol. The third-order valence-electron chi connectivity index (χ3n) is 2.73. The van der Waals surface area contributed by atoms with E-state index in [2.05, 4.69) is 26.2 Å². The zero-order valence-electron chi connectivity index (χ0n) is 10.6. The summed E-state index contributed by atoms with van der Waals surface area (Å²) in [5.74, 6) is 4.28. The van der Waals surface area contributed by atoms with Crippen LogP contribution >= 0.6 is 0 Å². The standard InChI is InChI=1S/C13H20F2N2/c1-13(2,3)8-7-11(17-16)12-9(14)5-4-6-10(12)15/h4-6,11,17H,7-8,16H2,1-3H3. The SMILES string of the molecule is CC(C)(C)CCC(NN)c1c(F)cccc1F. The van der Waals surface area contributed by atoms with Crippen molar-refractivity contribution < 1.29 is 8.78 Å². The van der Waals surface area contributed by atoms with Crippen molar-refractivity contribution in [3.8, 4) is 0 Å². The minimum atomic E-state index is -0.554. The van der Waals surface area contributed by atoms with Gasteiger partial charge in [0.25, 0.3) is 0 Å². The van der Waals surface area contributed by atoms with Gasteiger partial charge < -0.3 is 0 Å². The van der Waals surface area contributed by atoms with Crippen molar-refractivity contribution in [1.29, 1.82) is 0 Å². The Morgan fingerprint density at radius 3 is 2.18 bits per heavy atom. The smallest absolute Gasteiger partial charge is 0.130 e. The van der Waals surface area contributed by atoms with Crippen LogP contribution in [-0.4, -0.2) is 0 Å². The molecule has 0 aliphatic heterocycles. The third kappa shape index (κ3) is 4.06. The molecule has 0 aliphatic rings. The molecule has 2 nitrogen and oxygen atoms in total. The summed E-state index contributed by atoms with van der Waals surface area (Å²) in [4.78, 5) is 0. The molecule has 0 amide bonds. The van der Waals surface area contributed by atoms with Crippen molar-refractivity contribution in [1.82, 2.24) is 5.43 Å². The number of nitrogens with two attached hydrogens (primary N) is 1. The van der Waals surface area contributed by atoms with Gasteiger partial charge in [-0.25, -0.2) is 8.78 Å². The van der Waals surface area contributed by atoms with E-state index in [0.29, 0.717) is 6.42 Å². The molecule has 4 heteroatoms. The zero-order valence-corrected chi connectivity index (χ0v) is 10.6. The van der Waals surface area contributed by atoms with Crippen molar-refractivity contribution in [2.75, 3.05) is 0 Å². The van der Waals surface area contributed by atoms with Gasteiger partial charge in [-0.15, -0.1) is 0 Å². The van der Waals surface area contributed by atoms with E-state index < -0.39 is 17.7 Å². The van der Waals surface area contributed by atoms with Crippen LogP contribution in [0.1, 0.15) is 45.2 Å². The summed E-state index contributed by atoms with van der Waals surface area (Å²) in [6, 6.07) is 3.36. The van der Waals surface area contributed by atoms with Gasteiger partial charge in [0.05, 0.1) is 6.04 Å². The summed E-state index contributed by atoms with van der Waals surface area (Å²) in [6.07, 6.45) is 1.42. The van der Waals surface area contributed by atoms with Crippen LogP contribution in [-0.2, 0) is 0 Å². The Kier molecular flexibility index (Phi) is 4.60. The molecule has 0 saturated carbocycles. The van der Waals surface area contributed by atoms with E-state index in [1.165, 1.54) is 18.2 Å². The molecule has 0 bridgehead atoms. The highest BCUT2D eigenvalue weighted by atomic mass is 19.1. The summed E-state index contributed by atoms with van der Waals surface area (Å²) in [6.45, 7) is 6.24. The number of rotatable bonds is 4. The fourth-order valence-electron chi connectivity index (χ4n) is 1.73. The van der Waals surface area contributed by atoms with Crippen LogP contribution < -0.4 is 11.3 Å². The molecular formula is C13H20F2N2. The van der Waals surface area contributed by atoms with E-state index in [0.717, 1.165) is 6.42 Å². The molecule has 0 aromatic heterocycles. The van der Waals surface area contributed by atoms with E-state index in [9.17, 15) is 8.78 Å². The molecule has 96 valence electrons. The number of hydrazine groups is 1. The van der Waals surface area contributed by atoms with Gasteiger partial charge in [0.2, 0.25) is 0 Å². The van der Waals surface area contributed by atoms with Crippen LogP contribution in [0.3, 0.4) is 0 Å². The lowest BCUT2D eigenvalue weighted by Crippen LogP contribution is -2.30. The first kappa shape index (κ1) is 14.1. The first-order valence-electron chi connectivity index (χ1n) is 5.75. The predicted octanol–water partition coefficient (Wildman–Crippen LogP) is 3.30. The van der Waals surface area contributed by atoms with Crippen molar-refractivity contribution in [2.45, 2.75) is 39.7 Å². The number of hydrogen-bond donors (Lipinski definition) is 2. The van der Waals surface area contributed by atoms with Gasteiger partial charge in [-0.2, -0.15) is 0 Å². The number of halogens is 2. The van der Waals surface area contributed by atoms with Gasteiger partial charge in [-0.1, -0.05) is 26.8 Å². The normalized spacial score (nSPS) is 13.8. The Balaban J connectivity index is 2.87. The molecule has 0 saturated heterocycles. The first-order chi connectivity index (χ1) is 7.85. The second-order valence-corrected chi connectivity index (χ2v) is 5.45. The lowest BCUT2D eigenvalue weighted by Gasteiger charge is -2.23. The van der Waals surface area contributed by atoms with Crippen LogP contribution in [0.15, 0.2) is 18.2 Å². The second kappa shape index (κ2) is 5.56. The number of benzene rings is 1. The lowest BCUT2D eigenvalue weighted by molar-refractivity contribution is 0.326. The summed E-state index contributed by atoms with van der Waals surface area (Å²) >= 11 is 0. The van der Waals surface area contributed by atoms with Crippen molar-refractivity contribution in [3.05, 3.63) is 35.4 Å². The topological polar surface area (TPSA) is 38.0 Å². The highest BCUT2D eigenvalue weighted by Crippen LogP contribution is 2.29. The summed E-state index contributed by atoms with van der Waals surface area (Å²) in [5, 5.41) is 0. The fraction of sp³-hybridized carbons (Fsp3) is 0.538. The Labute approximate surface area is 101 Å². The maximum Gasteiger partial charge on any atom is 0.130 e. The van der Waals surface area contributed by atoms with Gasteiger partial charge in [0, 0.05) is 5.56 Å². The van der Waals surface area contributed by atoms with Crippen LogP contribution in [0.2, 0.25) is 0 Å². The third-order valence-corrected chi connectivity index (χ3v) is 2.73. The molecule has 1 aromatic carbocycles. The molecule has 1 aromatic rings. The van der Waals surface area contributed by atoms with Gasteiger partial charge >= 0.3 is 0 Å². The molecule has 0 spiro atoms. The molecule has 1 rings (SSSR count). The monoisotopic (exact) mass is 242 g/mol. The van der Waals surface area contributed by atoms with Gasteiger partial charge in [0.1, 0.15) is 11.6 Å². The average molecular weight is 242 g/mol. The van der Waals surface area contributed by atoms with Crippen LogP contribution in [0, 0.1) is 17.0 Å². The highest BCUT2D eigenvalue weighted by molar-refractivity contribution is 5.23. The molecule has 0 radical (unpaired) electrons. The summed E-state index contributed by atoms with van der Waals surface area (Å²) in [7, 11) is 0. The molecular weight excluding hydrogens is 222 g/mol. The Morgan fingerprint density at radius 1 is 1.24 bits per heavy atom. The fourth-order valence-corrected chi connectivity index (χ4v) is 1.73. The molecule has 3 N–H and O–H groups in total. The second-order valence-electron chi connectivity index (χ2n) is 5.45. The van der Waals surface area contributed by atoms with Crippen molar-refractivity contribution >= 4 is 0 Å². The maximum absolute atomic E-state index is 13.6. The molecule has 0 heterocycles. The number of hydrogen-bond acceptors (Lipinski definition) is 2. The Bertz CT molecular complexity index is 352. The molecule has 1 unspecified atom stereocenters. The number of nitrogens with one attached hydrogen (secondary N) is 1. The molecule has 0 aliphatic carbocycles. The van der Waals surface area contributed by atoms with Gasteiger partial charge in [-0.3, -0.25) is 11.3 Å². The maximum atomic E-state index is 13.6. The Hall–Kier alpha value is -1.00. The van der Waals surface area contributed by atoms with Crippen LogP contribution in [0.5, 0.6) is 0 Å². The first-order valence-corrected chi connectivity index (χ1v) is 5.75. The minimum Gasteiger partial charge on any atom is -0.271 e. The average Bonchev–Trinajstić information content (AvgIpc) is 2.21. The van der Waals surface area contributed by atoms with E-state index in [4.69, 9.17) is 5.84 Å². The van der Waals surface area contributed by atoms with E-state index >= 15 is 0 Å². The van der Waals surface area contributed by atoms with E-state index in [1.54, 1.807) is 0 Å². The van der Waals surface area contributed by atoms with Gasteiger partial charge in [0.15, 0.2) is 0 Å². The van der Waals surface area contributed by atoms with Gasteiger partial charge in [-0.05, 0) is 30.4 Å². The van der Waals surface area contributed by atoms with Crippen molar-refractivity contribution in [3.63, 3.8) is 0 Å². The Morgan fingerprint density at radius 2 is 1.76 bits per heavy atom. The lowest BCUT2D eigenvalue weighted by atomic mass is 9.87. The molecule has 17 heavy (non-hydrogen) atoms.